The number of aromatic nitrogens is 1. The average molecular weight is 364 g/mol. The number of para-hydroxylation sites is 2. The summed E-state index contributed by atoms with van der Waals surface area (Å²) >= 11 is 1.33. The summed E-state index contributed by atoms with van der Waals surface area (Å²) in [4.78, 5) is 16.6. The Morgan fingerprint density at radius 1 is 1.19 bits per heavy atom. The summed E-state index contributed by atoms with van der Waals surface area (Å²) in [6.07, 6.45) is 0. The topological polar surface area (TPSA) is 87.0 Å². The van der Waals surface area contributed by atoms with E-state index in [4.69, 9.17) is 10.00 Å². The number of urea groups is 1. The maximum Gasteiger partial charge on any atom is 0.325 e. The lowest BCUT2D eigenvalue weighted by atomic mass is 10.1. The van der Waals surface area contributed by atoms with Crippen molar-refractivity contribution in [2.45, 2.75) is 6.92 Å². The van der Waals surface area contributed by atoms with Crippen molar-refractivity contribution in [2.75, 3.05) is 17.2 Å². The van der Waals surface area contributed by atoms with Crippen molar-refractivity contribution in [3.8, 4) is 23.1 Å². The number of amides is 2. The second-order valence-electron chi connectivity index (χ2n) is 5.24. The predicted molar refractivity (Wildman–Crippen MR) is 103 cm³/mol. The van der Waals surface area contributed by atoms with E-state index in [9.17, 15) is 4.79 Å². The van der Waals surface area contributed by atoms with Crippen molar-refractivity contribution in [3.63, 3.8) is 0 Å². The first-order chi connectivity index (χ1) is 12.7. The van der Waals surface area contributed by atoms with Gasteiger partial charge in [-0.1, -0.05) is 24.3 Å². The molecule has 130 valence electrons. The molecular weight excluding hydrogens is 348 g/mol. The maximum absolute atomic E-state index is 12.2. The van der Waals surface area contributed by atoms with E-state index < -0.39 is 6.03 Å². The number of rotatable bonds is 5. The molecule has 0 saturated heterocycles. The summed E-state index contributed by atoms with van der Waals surface area (Å²) in [7, 11) is 0. The van der Waals surface area contributed by atoms with Gasteiger partial charge in [-0.3, -0.25) is 5.32 Å². The van der Waals surface area contributed by atoms with Gasteiger partial charge < -0.3 is 10.1 Å². The van der Waals surface area contributed by atoms with Crippen LogP contribution in [0.2, 0.25) is 0 Å². The van der Waals surface area contributed by atoms with E-state index in [1.807, 2.05) is 36.6 Å². The Labute approximate surface area is 155 Å². The molecule has 0 aliphatic heterocycles. The average Bonchev–Trinajstić information content (AvgIpc) is 3.12. The standard InChI is InChI=1S/C19H16N4O2S/c1-2-25-17-6-4-3-5-15(17)21-18(24)23-19-22-16(12-26-19)14-9-7-13(11-20)8-10-14/h3-10,12H,2H2,1H3,(H2,21,22,23,24). The number of benzene rings is 2. The molecule has 3 rings (SSSR count). The van der Waals surface area contributed by atoms with Gasteiger partial charge in [0.05, 0.1) is 29.6 Å². The van der Waals surface area contributed by atoms with Crippen LogP contribution in [0.3, 0.4) is 0 Å². The molecule has 2 aromatic carbocycles. The maximum atomic E-state index is 12.2. The number of nitriles is 1. The largest absolute Gasteiger partial charge is 0.492 e. The number of carbonyl (C=O) groups excluding carboxylic acids is 1. The summed E-state index contributed by atoms with van der Waals surface area (Å²) < 4.78 is 5.49. The molecule has 3 aromatic rings. The van der Waals surface area contributed by atoms with Crippen LogP contribution < -0.4 is 15.4 Å². The van der Waals surface area contributed by atoms with Crippen LogP contribution in [0.1, 0.15) is 12.5 Å². The number of carbonyl (C=O) groups is 1. The Morgan fingerprint density at radius 2 is 1.96 bits per heavy atom. The molecule has 0 atom stereocenters. The minimum Gasteiger partial charge on any atom is -0.492 e. The minimum atomic E-state index is -0.391. The van der Waals surface area contributed by atoms with Gasteiger partial charge >= 0.3 is 6.03 Å². The van der Waals surface area contributed by atoms with Crippen LogP contribution in [-0.4, -0.2) is 17.6 Å². The third-order valence-corrected chi connectivity index (χ3v) is 4.23. The van der Waals surface area contributed by atoms with Gasteiger partial charge in [0.15, 0.2) is 5.13 Å². The molecule has 0 aliphatic rings. The lowest BCUT2D eigenvalue weighted by Gasteiger charge is -2.11. The molecule has 0 bridgehead atoms. The third kappa shape index (κ3) is 4.18. The van der Waals surface area contributed by atoms with E-state index >= 15 is 0 Å². The summed E-state index contributed by atoms with van der Waals surface area (Å²) in [6, 6.07) is 16.1. The van der Waals surface area contributed by atoms with Gasteiger partial charge in [-0.25, -0.2) is 9.78 Å². The number of thiazole rings is 1. The van der Waals surface area contributed by atoms with Gasteiger partial charge in [-0.05, 0) is 31.2 Å². The number of anilines is 2. The number of ether oxygens (including phenoxy) is 1. The summed E-state index contributed by atoms with van der Waals surface area (Å²) in [5, 5.41) is 16.7. The quantitative estimate of drug-likeness (QED) is 0.685. The van der Waals surface area contributed by atoms with Crippen molar-refractivity contribution in [1.29, 1.82) is 5.26 Å². The Balaban J connectivity index is 1.67. The highest BCUT2D eigenvalue weighted by Gasteiger charge is 2.10. The summed E-state index contributed by atoms with van der Waals surface area (Å²) in [5.74, 6) is 0.613. The van der Waals surface area contributed by atoms with Gasteiger partial charge in [0.1, 0.15) is 5.75 Å². The van der Waals surface area contributed by atoms with Crippen molar-refractivity contribution < 1.29 is 9.53 Å². The summed E-state index contributed by atoms with van der Waals surface area (Å²) in [5.41, 5.74) is 2.81. The molecule has 2 N–H and O–H groups in total. The lowest BCUT2D eigenvalue weighted by Crippen LogP contribution is -2.19. The molecule has 1 heterocycles. The molecule has 2 amide bonds. The fourth-order valence-electron chi connectivity index (χ4n) is 2.28. The SMILES string of the molecule is CCOc1ccccc1NC(=O)Nc1nc(-c2ccc(C#N)cc2)cs1. The van der Waals surface area contributed by atoms with Crippen LogP contribution in [-0.2, 0) is 0 Å². The van der Waals surface area contributed by atoms with Gasteiger partial charge in [-0.15, -0.1) is 11.3 Å². The van der Waals surface area contributed by atoms with Crippen LogP contribution >= 0.6 is 11.3 Å². The number of hydrogen-bond donors (Lipinski definition) is 2. The zero-order valence-corrected chi connectivity index (χ0v) is 14.8. The number of nitrogens with zero attached hydrogens (tertiary/aromatic N) is 2. The van der Waals surface area contributed by atoms with Crippen molar-refractivity contribution in [2.24, 2.45) is 0 Å². The zero-order chi connectivity index (χ0) is 18.4. The fraction of sp³-hybridized carbons (Fsp3) is 0.105. The first-order valence-electron chi connectivity index (χ1n) is 7.95. The highest BCUT2D eigenvalue weighted by Crippen LogP contribution is 2.26. The van der Waals surface area contributed by atoms with Gasteiger partial charge in [0.2, 0.25) is 0 Å². The van der Waals surface area contributed by atoms with Gasteiger partial charge in [0, 0.05) is 10.9 Å². The van der Waals surface area contributed by atoms with Crippen LogP contribution in [0.25, 0.3) is 11.3 Å². The molecule has 26 heavy (non-hydrogen) atoms. The molecule has 1 aromatic heterocycles. The Bertz CT molecular complexity index is 945. The van der Waals surface area contributed by atoms with Crippen LogP contribution in [0, 0.1) is 11.3 Å². The smallest absolute Gasteiger partial charge is 0.325 e. The predicted octanol–water partition coefficient (Wildman–Crippen LogP) is 4.72. The first-order valence-corrected chi connectivity index (χ1v) is 8.83. The van der Waals surface area contributed by atoms with E-state index in [2.05, 4.69) is 21.7 Å². The summed E-state index contributed by atoms with van der Waals surface area (Å²) in [6.45, 7) is 2.40. The number of hydrogen-bond acceptors (Lipinski definition) is 5. The molecule has 0 spiro atoms. The lowest BCUT2D eigenvalue weighted by molar-refractivity contribution is 0.262. The second kappa shape index (κ2) is 8.14. The molecule has 0 aliphatic carbocycles. The molecule has 0 fully saturated rings. The molecule has 0 unspecified atom stereocenters. The van der Waals surface area contributed by atoms with Gasteiger partial charge in [-0.2, -0.15) is 5.26 Å². The Morgan fingerprint density at radius 3 is 2.69 bits per heavy atom. The molecular formula is C19H16N4O2S. The van der Waals surface area contributed by atoms with Crippen molar-refractivity contribution >= 4 is 28.2 Å². The molecule has 0 saturated carbocycles. The Hall–Kier alpha value is -3.37. The van der Waals surface area contributed by atoms with Crippen molar-refractivity contribution in [3.05, 3.63) is 59.5 Å². The fourth-order valence-corrected chi connectivity index (χ4v) is 3.00. The number of nitrogens with one attached hydrogen (secondary N) is 2. The minimum absolute atomic E-state index is 0.391. The van der Waals surface area contributed by atoms with E-state index in [1.54, 1.807) is 24.3 Å². The normalized spacial score (nSPS) is 10.0. The third-order valence-electron chi connectivity index (χ3n) is 3.47. The molecule has 7 heteroatoms. The van der Waals surface area contributed by atoms with Gasteiger partial charge in [0.25, 0.3) is 0 Å². The van der Waals surface area contributed by atoms with Crippen molar-refractivity contribution in [1.82, 2.24) is 4.98 Å². The monoisotopic (exact) mass is 364 g/mol. The van der Waals surface area contributed by atoms with Crippen LogP contribution in [0.15, 0.2) is 53.9 Å². The van der Waals surface area contributed by atoms with E-state index in [1.165, 1.54) is 11.3 Å². The highest BCUT2D eigenvalue weighted by molar-refractivity contribution is 7.14. The highest BCUT2D eigenvalue weighted by atomic mass is 32.1. The van der Waals surface area contributed by atoms with Crippen LogP contribution in [0.4, 0.5) is 15.6 Å². The zero-order valence-electron chi connectivity index (χ0n) is 14.0. The van der Waals surface area contributed by atoms with E-state index in [0.29, 0.717) is 28.7 Å². The molecule has 0 radical (unpaired) electrons. The first kappa shape index (κ1) is 17.5. The second-order valence-corrected chi connectivity index (χ2v) is 6.09. The van der Waals surface area contributed by atoms with Crippen LogP contribution in [0.5, 0.6) is 5.75 Å². The molecule has 6 nitrogen and oxygen atoms in total. The Kier molecular flexibility index (Phi) is 5.46. The van der Waals surface area contributed by atoms with E-state index in [0.717, 1.165) is 11.3 Å². The van der Waals surface area contributed by atoms with E-state index in [-0.39, 0.29) is 0 Å².